The van der Waals surface area contributed by atoms with E-state index in [2.05, 4.69) is 33.4 Å². The molecule has 0 heterocycles. The van der Waals surface area contributed by atoms with Gasteiger partial charge in [0.1, 0.15) is 0 Å². The van der Waals surface area contributed by atoms with E-state index < -0.39 is 0 Å². The quantitative estimate of drug-likeness (QED) is 0.668. The van der Waals surface area contributed by atoms with E-state index in [0.717, 1.165) is 18.4 Å². The average Bonchev–Trinajstić information content (AvgIpc) is 2.15. The number of allylic oxidation sites excluding steroid dienone is 2. The maximum absolute atomic E-state index is 10.2. The summed E-state index contributed by atoms with van der Waals surface area (Å²) in [6.45, 7) is 10.7. The van der Waals surface area contributed by atoms with Crippen LogP contribution in [0.4, 0.5) is 0 Å². The summed E-state index contributed by atoms with van der Waals surface area (Å²) >= 11 is 0. The van der Waals surface area contributed by atoms with Crippen LogP contribution in [0.15, 0.2) is 23.8 Å². The third kappa shape index (κ3) is 1.86. The minimum Gasteiger partial charge on any atom is -0.392 e. The highest BCUT2D eigenvalue weighted by atomic mass is 16.3. The third-order valence-electron chi connectivity index (χ3n) is 4.84. The monoisotopic (exact) mass is 220 g/mol. The molecule has 0 bridgehead atoms. The van der Waals surface area contributed by atoms with Gasteiger partial charge >= 0.3 is 0 Å². The van der Waals surface area contributed by atoms with Gasteiger partial charge in [0.25, 0.3) is 0 Å². The van der Waals surface area contributed by atoms with Gasteiger partial charge in [0.15, 0.2) is 0 Å². The Labute approximate surface area is 99.3 Å². The van der Waals surface area contributed by atoms with Crippen molar-refractivity contribution in [2.45, 2.75) is 52.6 Å². The summed E-state index contributed by atoms with van der Waals surface area (Å²) in [5.41, 5.74) is 3.00. The van der Waals surface area contributed by atoms with E-state index in [0.29, 0.717) is 17.3 Å². The lowest BCUT2D eigenvalue weighted by molar-refractivity contribution is -0.0147. The fourth-order valence-electron chi connectivity index (χ4n) is 3.77. The van der Waals surface area contributed by atoms with Crippen LogP contribution >= 0.6 is 0 Å². The largest absolute Gasteiger partial charge is 0.392 e. The molecule has 1 saturated carbocycles. The molecule has 0 unspecified atom stereocenters. The number of hydrogen-bond acceptors (Lipinski definition) is 1. The molecule has 1 N–H and O–H groups in total. The first kappa shape index (κ1) is 11.9. The zero-order valence-corrected chi connectivity index (χ0v) is 10.8. The van der Waals surface area contributed by atoms with Crippen molar-refractivity contribution < 1.29 is 5.11 Å². The van der Waals surface area contributed by atoms with Crippen LogP contribution in [0, 0.1) is 17.3 Å². The van der Waals surface area contributed by atoms with Crippen molar-refractivity contribution in [1.82, 2.24) is 0 Å². The van der Waals surface area contributed by atoms with Crippen molar-refractivity contribution in [3.8, 4) is 0 Å². The van der Waals surface area contributed by atoms with Gasteiger partial charge in [-0.2, -0.15) is 0 Å². The molecule has 0 spiro atoms. The molecular formula is C15H24O. The minimum atomic E-state index is -0.176. The van der Waals surface area contributed by atoms with Crippen molar-refractivity contribution in [2.75, 3.05) is 0 Å². The Kier molecular flexibility index (Phi) is 3.00. The lowest BCUT2D eigenvalue weighted by Crippen LogP contribution is -2.44. The predicted molar refractivity (Wildman–Crippen MR) is 68.1 cm³/mol. The standard InChI is InChI=1S/C15H24O/c1-10(2)12-8-13-11(3)6-5-7-15(13,4)9-14(12)16/h6,12-14,16H,1,5,7-9H2,2-4H3/t12-,13+,14-,15-/m0/s1. The maximum atomic E-state index is 10.2. The van der Waals surface area contributed by atoms with Crippen LogP contribution in [0.2, 0.25) is 0 Å². The second-order valence-corrected chi connectivity index (χ2v) is 6.15. The lowest BCUT2D eigenvalue weighted by Gasteiger charge is -2.49. The normalized spacial score (nSPS) is 43.5. The van der Waals surface area contributed by atoms with Gasteiger partial charge in [0.2, 0.25) is 0 Å². The molecule has 0 aromatic rings. The van der Waals surface area contributed by atoms with Gasteiger partial charge < -0.3 is 5.11 Å². The van der Waals surface area contributed by atoms with Crippen molar-refractivity contribution >= 4 is 0 Å². The summed E-state index contributed by atoms with van der Waals surface area (Å²) < 4.78 is 0. The molecule has 90 valence electrons. The maximum Gasteiger partial charge on any atom is 0.0610 e. The molecule has 2 rings (SSSR count). The summed E-state index contributed by atoms with van der Waals surface area (Å²) in [7, 11) is 0. The Balaban J connectivity index is 2.26. The highest BCUT2D eigenvalue weighted by molar-refractivity contribution is 5.18. The minimum absolute atomic E-state index is 0.176. The fraction of sp³-hybridized carbons (Fsp3) is 0.733. The summed E-state index contributed by atoms with van der Waals surface area (Å²) in [5.74, 6) is 0.964. The lowest BCUT2D eigenvalue weighted by atomic mass is 9.56. The van der Waals surface area contributed by atoms with Gasteiger partial charge in [-0.05, 0) is 50.9 Å². The van der Waals surface area contributed by atoms with Crippen molar-refractivity contribution in [2.24, 2.45) is 17.3 Å². The highest BCUT2D eigenvalue weighted by Crippen LogP contribution is 2.52. The van der Waals surface area contributed by atoms with Gasteiger partial charge in [0, 0.05) is 5.92 Å². The molecule has 1 nitrogen and oxygen atoms in total. The molecular weight excluding hydrogens is 196 g/mol. The average molecular weight is 220 g/mol. The Morgan fingerprint density at radius 3 is 2.88 bits per heavy atom. The summed E-state index contributed by atoms with van der Waals surface area (Å²) in [6, 6.07) is 0. The summed E-state index contributed by atoms with van der Waals surface area (Å²) in [6.07, 6.45) is 6.66. The zero-order valence-electron chi connectivity index (χ0n) is 10.8. The van der Waals surface area contributed by atoms with Crippen molar-refractivity contribution in [1.29, 1.82) is 0 Å². The van der Waals surface area contributed by atoms with Gasteiger partial charge in [-0.25, -0.2) is 0 Å². The van der Waals surface area contributed by atoms with E-state index in [1.165, 1.54) is 18.4 Å². The number of hydrogen-bond donors (Lipinski definition) is 1. The molecule has 2 aliphatic carbocycles. The Hall–Kier alpha value is -0.560. The van der Waals surface area contributed by atoms with Gasteiger partial charge in [0.05, 0.1) is 6.10 Å². The van der Waals surface area contributed by atoms with Crippen LogP contribution in [0.3, 0.4) is 0 Å². The number of aliphatic hydroxyl groups excluding tert-OH is 1. The first-order valence-corrected chi connectivity index (χ1v) is 6.44. The SMILES string of the molecule is C=C(C)[C@@H]1C[C@@H]2C(C)=CCC[C@@]2(C)C[C@@H]1O. The van der Waals surface area contributed by atoms with Crippen LogP contribution in [0.5, 0.6) is 0 Å². The van der Waals surface area contributed by atoms with Crippen LogP contribution in [-0.4, -0.2) is 11.2 Å². The van der Waals surface area contributed by atoms with E-state index in [1.807, 2.05) is 0 Å². The second-order valence-electron chi connectivity index (χ2n) is 6.15. The Morgan fingerprint density at radius 2 is 2.25 bits per heavy atom. The molecule has 16 heavy (non-hydrogen) atoms. The Bertz CT molecular complexity index is 328. The van der Waals surface area contributed by atoms with Gasteiger partial charge in [-0.1, -0.05) is 30.7 Å². The molecule has 0 radical (unpaired) electrons. The van der Waals surface area contributed by atoms with Crippen LogP contribution in [-0.2, 0) is 0 Å². The second kappa shape index (κ2) is 4.03. The zero-order chi connectivity index (χ0) is 11.9. The van der Waals surface area contributed by atoms with E-state index in [-0.39, 0.29) is 6.10 Å². The van der Waals surface area contributed by atoms with E-state index in [1.54, 1.807) is 0 Å². The molecule has 0 aromatic heterocycles. The van der Waals surface area contributed by atoms with Gasteiger partial charge in [-0.3, -0.25) is 0 Å². The first-order chi connectivity index (χ1) is 7.44. The molecule has 0 aliphatic heterocycles. The van der Waals surface area contributed by atoms with Crippen molar-refractivity contribution in [3.05, 3.63) is 23.8 Å². The van der Waals surface area contributed by atoms with E-state index in [4.69, 9.17) is 0 Å². The topological polar surface area (TPSA) is 20.2 Å². The first-order valence-electron chi connectivity index (χ1n) is 6.44. The third-order valence-corrected chi connectivity index (χ3v) is 4.84. The summed E-state index contributed by atoms with van der Waals surface area (Å²) in [5, 5.41) is 10.2. The number of rotatable bonds is 1. The number of fused-ring (bicyclic) bond motifs is 1. The van der Waals surface area contributed by atoms with Crippen LogP contribution < -0.4 is 0 Å². The van der Waals surface area contributed by atoms with E-state index >= 15 is 0 Å². The van der Waals surface area contributed by atoms with Gasteiger partial charge in [-0.15, -0.1) is 0 Å². The van der Waals surface area contributed by atoms with E-state index in [9.17, 15) is 5.11 Å². The van der Waals surface area contributed by atoms with Crippen LogP contribution in [0.25, 0.3) is 0 Å². The molecule has 0 amide bonds. The smallest absolute Gasteiger partial charge is 0.0610 e. The predicted octanol–water partition coefficient (Wildman–Crippen LogP) is 3.70. The molecule has 0 aromatic carbocycles. The molecule has 0 saturated heterocycles. The molecule has 1 heteroatoms. The van der Waals surface area contributed by atoms with Crippen molar-refractivity contribution in [3.63, 3.8) is 0 Å². The molecule has 2 aliphatic rings. The Morgan fingerprint density at radius 1 is 1.56 bits per heavy atom. The molecule has 1 fully saturated rings. The number of aliphatic hydroxyl groups is 1. The highest BCUT2D eigenvalue weighted by Gasteiger charge is 2.45. The molecule has 4 atom stereocenters. The van der Waals surface area contributed by atoms with Crippen LogP contribution in [0.1, 0.15) is 46.5 Å². The fourth-order valence-corrected chi connectivity index (χ4v) is 3.77. The summed E-state index contributed by atoms with van der Waals surface area (Å²) in [4.78, 5) is 0.